The number of ether oxygens (including phenoxy) is 1. The van der Waals surface area contributed by atoms with Crippen LogP contribution in [-0.2, 0) is 11.2 Å². The van der Waals surface area contributed by atoms with Crippen LogP contribution in [0.25, 0.3) is 11.3 Å². The van der Waals surface area contributed by atoms with Gasteiger partial charge in [0.1, 0.15) is 5.75 Å². The normalized spacial score (nSPS) is 14.2. The molecule has 4 rings (SSSR count). The summed E-state index contributed by atoms with van der Waals surface area (Å²) < 4.78 is 5.69. The highest BCUT2D eigenvalue weighted by Crippen LogP contribution is 2.22. The molecule has 0 saturated carbocycles. The maximum absolute atomic E-state index is 12.3. The van der Waals surface area contributed by atoms with Crippen molar-refractivity contribution in [3.05, 3.63) is 66.2 Å². The van der Waals surface area contributed by atoms with Crippen molar-refractivity contribution in [1.82, 2.24) is 15.1 Å². The number of piperazine rings is 1. The molecule has 1 aliphatic rings. The molecule has 1 N–H and O–H groups in total. The molecule has 7 nitrogen and oxygen atoms in total. The first-order valence-corrected chi connectivity index (χ1v) is 11.0. The van der Waals surface area contributed by atoms with Crippen molar-refractivity contribution in [3.8, 4) is 17.0 Å². The van der Waals surface area contributed by atoms with Crippen molar-refractivity contribution in [1.29, 1.82) is 0 Å². The molecule has 0 atom stereocenters. The summed E-state index contributed by atoms with van der Waals surface area (Å²) in [5.41, 5.74) is 3.56. The van der Waals surface area contributed by atoms with Crippen molar-refractivity contribution in [2.75, 3.05) is 50.1 Å². The SMILES string of the molecule is CCc1ccccc1OCC(=O)Nc1ccc(-c2ccc(N3CCN(C)CC3)nn2)cc1. The maximum Gasteiger partial charge on any atom is 0.262 e. The molecule has 3 aromatic rings. The van der Waals surface area contributed by atoms with E-state index in [2.05, 4.69) is 39.3 Å². The number of aromatic nitrogens is 2. The Morgan fingerprint density at radius 3 is 2.41 bits per heavy atom. The fraction of sp³-hybridized carbons (Fsp3) is 0.320. The van der Waals surface area contributed by atoms with Gasteiger partial charge in [-0.05, 0) is 49.4 Å². The molecule has 1 aliphatic heterocycles. The van der Waals surface area contributed by atoms with Gasteiger partial charge >= 0.3 is 0 Å². The molecular formula is C25H29N5O2. The van der Waals surface area contributed by atoms with Gasteiger partial charge < -0.3 is 19.9 Å². The molecule has 0 radical (unpaired) electrons. The molecule has 7 heteroatoms. The van der Waals surface area contributed by atoms with Gasteiger partial charge in [-0.15, -0.1) is 10.2 Å². The number of anilines is 2. The zero-order chi connectivity index (χ0) is 22.3. The van der Waals surface area contributed by atoms with Crippen LogP contribution in [0.2, 0.25) is 0 Å². The summed E-state index contributed by atoms with van der Waals surface area (Å²) >= 11 is 0. The Kier molecular flexibility index (Phi) is 6.97. The molecule has 0 unspecified atom stereocenters. The van der Waals surface area contributed by atoms with Crippen LogP contribution in [0.3, 0.4) is 0 Å². The van der Waals surface area contributed by atoms with E-state index in [0.717, 1.165) is 61.0 Å². The fourth-order valence-electron chi connectivity index (χ4n) is 3.68. The molecule has 0 aliphatic carbocycles. The lowest BCUT2D eigenvalue weighted by atomic mass is 10.1. The van der Waals surface area contributed by atoms with Crippen LogP contribution in [0.15, 0.2) is 60.7 Å². The third-order valence-corrected chi connectivity index (χ3v) is 5.65. The highest BCUT2D eigenvalue weighted by Gasteiger charge is 2.15. The van der Waals surface area contributed by atoms with Gasteiger partial charge in [-0.3, -0.25) is 4.79 Å². The first-order valence-electron chi connectivity index (χ1n) is 11.0. The number of nitrogens with zero attached hydrogens (tertiary/aromatic N) is 4. The number of carbonyl (C=O) groups excluding carboxylic acids is 1. The first-order chi connectivity index (χ1) is 15.6. The lowest BCUT2D eigenvalue weighted by molar-refractivity contribution is -0.118. The van der Waals surface area contributed by atoms with Crippen molar-refractivity contribution in [3.63, 3.8) is 0 Å². The average molecular weight is 432 g/mol. The summed E-state index contributed by atoms with van der Waals surface area (Å²) in [6, 6.07) is 19.4. The monoisotopic (exact) mass is 431 g/mol. The molecule has 0 spiro atoms. The van der Waals surface area contributed by atoms with E-state index >= 15 is 0 Å². The summed E-state index contributed by atoms with van der Waals surface area (Å²) in [6.07, 6.45) is 0.860. The topological polar surface area (TPSA) is 70.6 Å². The van der Waals surface area contributed by atoms with Crippen molar-refractivity contribution in [2.45, 2.75) is 13.3 Å². The minimum Gasteiger partial charge on any atom is -0.483 e. The van der Waals surface area contributed by atoms with E-state index < -0.39 is 0 Å². The van der Waals surface area contributed by atoms with Gasteiger partial charge in [-0.2, -0.15) is 0 Å². The lowest BCUT2D eigenvalue weighted by Crippen LogP contribution is -2.44. The standard InChI is InChI=1S/C25H29N5O2/c1-3-19-6-4-5-7-23(19)32-18-25(31)26-21-10-8-20(9-11-21)22-12-13-24(28-27-22)30-16-14-29(2)15-17-30/h4-13H,3,14-18H2,1-2H3,(H,26,31). The number of likely N-dealkylation sites (N-methyl/N-ethyl adjacent to an activating group) is 1. The van der Waals surface area contributed by atoms with Gasteiger partial charge in [0.2, 0.25) is 0 Å². The second kappa shape index (κ2) is 10.2. The van der Waals surface area contributed by atoms with E-state index in [-0.39, 0.29) is 12.5 Å². The van der Waals surface area contributed by atoms with Crippen molar-refractivity contribution >= 4 is 17.4 Å². The van der Waals surface area contributed by atoms with Crippen LogP contribution >= 0.6 is 0 Å². The van der Waals surface area contributed by atoms with E-state index in [1.807, 2.05) is 60.7 Å². The molecule has 0 bridgehead atoms. The molecule has 2 aromatic carbocycles. The number of carbonyl (C=O) groups is 1. The molecule has 1 aromatic heterocycles. The summed E-state index contributed by atoms with van der Waals surface area (Å²) in [7, 11) is 2.14. The quantitative estimate of drug-likeness (QED) is 0.618. The smallest absolute Gasteiger partial charge is 0.262 e. The molecule has 32 heavy (non-hydrogen) atoms. The van der Waals surface area contributed by atoms with Gasteiger partial charge in [0.05, 0.1) is 5.69 Å². The highest BCUT2D eigenvalue weighted by molar-refractivity contribution is 5.92. The first kappa shape index (κ1) is 21.8. The lowest BCUT2D eigenvalue weighted by Gasteiger charge is -2.32. The summed E-state index contributed by atoms with van der Waals surface area (Å²) in [5, 5.41) is 11.7. The Morgan fingerprint density at radius 2 is 1.72 bits per heavy atom. The van der Waals surface area contributed by atoms with Gasteiger partial charge in [0.15, 0.2) is 12.4 Å². The Hall–Kier alpha value is -3.45. The molecule has 2 heterocycles. The van der Waals surface area contributed by atoms with E-state index in [1.165, 1.54) is 0 Å². The average Bonchev–Trinajstić information content (AvgIpc) is 2.84. The number of hydrogen-bond acceptors (Lipinski definition) is 6. The largest absolute Gasteiger partial charge is 0.483 e. The fourth-order valence-corrected chi connectivity index (χ4v) is 3.68. The molecule has 1 amide bonds. The number of nitrogens with one attached hydrogen (secondary N) is 1. The maximum atomic E-state index is 12.3. The van der Waals surface area contributed by atoms with E-state index in [4.69, 9.17) is 4.74 Å². The number of amides is 1. The minimum absolute atomic E-state index is 0.0298. The van der Waals surface area contributed by atoms with Gasteiger partial charge in [0.25, 0.3) is 5.91 Å². The Labute approximate surface area is 189 Å². The Morgan fingerprint density at radius 1 is 0.969 bits per heavy atom. The molecule has 166 valence electrons. The number of para-hydroxylation sites is 1. The highest BCUT2D eigenvalue weighted by atomic mass is 16.5. The number of aryl methyl sites for hydroxylation is 1. The second-order valence-corrected chi connectivity index (χ2v) is 7.94. The second-order valence-electron chi connectivity index (χ2n) is 7.94. The van der Waals surface area contributed by atoms with E-state index in [9.17, 15) is 4.79 Å². The number of benzene rings is 2. The van der Waals surface area contributed by atoms with Crippen LogP contribution in [0, 0.1) is 0 Å². The molecule has 1 fully saturated rings. The van der Waals surface area contributed by atoms with Gasteiger partial charge in [-0.1, -0.05) is 37.3 Å². The van der Waals surface area contributed by atoms with Crippen LogP contribution in [0.4, 0.5) is 11.5 Å². The van der Waals surface area contributed by atoms with Crippen LogP contribution in [0.1, 0.15) is 12.5 Å². The van der Waals surface area contributed by atoms with Crippen LogP contribution in [-0.4, -0.2) is 60.8 Å². The Bertz CT molecular complexity index is 1030. The van der Waals surface area contributed by atoms with E-state index in [0.29, 0.717) is 5.69 Å². The van der Waals surface area contributed by atoms with Crippen LogP contribution < -0.4 is 15.0 Å². The molecular weight excluding hydrogens is 402 g/mol. The minimum atomic E-state index is -0.194. The third kappa shape index (κ3) is 5.42. The summed E-state index contributed by atoms with van der Waals surface area (Å²) in [4.78, 5) is 16.9. The van der Waals surface area contributed by atoms with Gasteiger partial charge in [0, 0.05) is 37.4 Å². The number of rotatable bonds is 7. The Balaban J connectivity index is 1.32. The zero-order valence-corrected chi connectivity index (χ0v) is 18.6. The summed E-state index contributed by atoms with van der Waals surface area (Å²) in [6.45, 7) is 6.03. The van der Waals surface area contributed by atoms with E-state index in [1.54, 1.807) is 0 Å². The third-order valence-electron chi connectivity index (χ3n) is 5.65. The molecule has 1 saturated heterocycles. The number of hydrogen-bond donors (Lipinski definition) is 1. The van der Waals surface area contributed by atoms with Crippen LogP contribution in [0.5, 0.6) is 5.75 Å². The van der Waals surface area contributed by atoms with Crippen molar-refractivity contribution < 1.29 is 9.53 Å². The predicted molar refractivity (Wildman–Crippen MR) is 127 cm³/mol. The zero-order valence-electron chi connectivity index (χ0n) is 18.6. The summed E-state index contributed by atoms with van der Waals surface area (Å²) in [5.74, 6) is 1.47. The van der Waals surface area contributed by atoms with Crippen molar-refractivity contribution in [2.24, 2.45) is 0 Å². The van der Waals surface area contributed by atoms with Gasteiger partial charge in [-0.25, -0.2) is 0 Å². The predicted octanol–water partition coefficient (Wildman–Crippen LogP) is 3.48.